The molecular weight excluding hydrogens is 551 g/mol. The molecule has 6 rings (SSSR count). The minimum absolute atomic E-state index is 0.0303. The fourth-order valence-electron chi connectivity index (χ4n) is 5.32. The molecule has 0 saturated heterocycles. The maximum Gasteiger partial charge on any atom is 0.195 e. The Labute approximate surface area is 239 Å². The highest BCUT2D eigenvalue weighted by molar-refractivity contribution is 7.14. The van der Waals surface area contributed by atoms with Crippen LogP contribution in [0.15, 0.2) is 82.6 Å². The second-order valence-corrected chi connectivity index (χ2v) is 11.0. The summed E-state index contributed by atoms with van der Waals surface area (Å²) in [6.45, 7) is 1.82. The minimum atomic E-state index is -0.733. The van der Waals surface area contributed by atoms with Gasteiger partial charge in [0.15, 0.2) is 10.9 Å². The van der Waals surface area contributed by atoms with E-state index in [0.717, 1.165) is 17.0 Å². The maximum atomic E-state index is 13.6. The lowest BCUT2D eigenvalue weighted by Crippen LogP contribution is -2.38. The van der Waals surface area contributed by atoms with E-state index in [1.807, 2.05) is 54.8 Å². The molecule has 2 aromatic heterocycles. The molecule has 10 heteroatoms. The van der Waals surface area contributed by atoms with Gasteiger partial charge in [-0.2, -0.15) is 10.4 Å². The largest absolute Gasteiger partial charge is 0.384 e. The normalized spacial score (nSPS) is 17.4. The Bertz CT molecular complexity index is 1730. The van der Waals surface area contributed by atoms with Gasteiger partial charge in [-0.1, -0.05) is 59.6 Å². The fourth-order valence-corrected chi connectivity index (χ4v) is 6.76. The van der Waals surface area contributed by atoms with Gasteiger partial charge in [0.05, 0.1) is 34.6 Å². The second kappa shape index (κ2) is 10.0. The average Bonchev–Trinajstić information content (AvgIpc) is 3.53. The lowest BCUT2D eigenvalue weighted by molar-refractivity contribution is -0.116. The van der Waals surface area contributed by atoms with Crippen molar-refractivity contribution in [3.63, 3.8) is 0 Å². The molecule has 0 radical (unpaired) electrons. The molecule has 2 aliphatic rings. The second-order valence-electron chi connectivity index (χ2n) is 9.38. The van der Waals surface area contributed by atoms with Crippen LogP contribution in [0, 0.1) is 18.3 Å². The van der Waals surface area contributed by atoms with E-state index in [4.69, 9.17) is 33.9 Å². The Balaban J connectivity index is 1.53. The van der Waals surface area contributed by atoms with Crippen molar-refractivity contribution in [1.29, 1.82) is 5.26 Å². The lowest BCUT2D eigenvalue weighted by Gasteiger charge is -2.38. The molecule has 1 unspecified atom stereocenters. The van der Waals surface area contributed by atoms with E-state index < -0.39 is 5.92 Å². The smallest absolute Gasteiger partial charge is 0.195 e. The Kier molecular flexibility index (Phi) is 6.51. The highest BCUT2D eigenvalue weighted by Gasteiger charge is 2.43. The van der Waals surface area contributed by atoms with E-state index >= 15 is 0 Å². The van der Waals surface area contributed by atoms with Crippen LogP contribution in [0.2, 0.25) is 10.2 Å². The molecule has 1 aliphatic heterocycles. The quantitative estimate of drug-likeness (QED) is 0.285. The fraction of sp³-hybridized carbons (Fsp3) is 0.172. The Morgan fingerprint density at radius 1 is 1.13 bits per heavy atom. The van der Waals surface area contributed by atoms with Crippen molar-refractivity contribution >= 4 is 45.5 Å². The highest BCUT2D eigenvalue weighted by Crippen LogP contribution is 2.49. The summed E-state index contributed by atoms with van der Waals surface area (Å²) in [6.07, 6.45) is 1.69. The number of anilines is 1. The molecule has 0 bridgehead atoms. The van der Waals surface area contributed by atoms with Gasteiger partial charge >= 0.3 is 0 Å². The molecule has 0 fully saturated rings. The zero-order chi connectivity index (χ0) is 27.3. The Morgan fingerprint density at radius 2 is 1.92 bits per heavy atom. The molecule has 0 amide bonds. The molecule has 7 nitrogen and oxygen atoms in total. The van der Waals surface area contributed by atoms with E-state index in [1.165, 1.54) is 11.3 Å². The number of halogens is 2. The first kappa shape index (κ1) is 25.4. The summed E-state index contributed by atoms with van der Waals surface area (Å²) < 4.78 is 1.58. The zero-order valence-corrected chi connectivity index (χ0v) is 23.2. The molecule has 3 heterocycles. The van der Waals surface area contributed by atoms with E-state index in [9.17, 15) is 10.1 Å². The number of hydrogen-bond acceptors (Lipinski definition) is 7. The molecule has 4 aromatic rings. The van der Waals surface area contributed by atoms with Crippen LogP contribution < -0.4 is 10.6 Å². The number of Topliss-reactive ketones (excluding diaryl/α,β-unsaturated/α-hetero) is 1. The Hall–Kier alpha value is -3.90. The monoisotopic (exact) mass is 572 g/mol. The summed E-state index contributed by atoms with van der Waals surface area (Å²) >= 11 is 14.6. The summed E-state index contributed by atoms with van der Waals surface area (Å²) in [7, 11) is 0. The number of carbonyl (C=O) groups excluding carboxylic acids is 1. The molecule has 39 heavy (non-hydrogen) atoms. The van der Waals surface area contributed by atoms with Crippen molar-refractivity contribution < 1.29 is 4.79 Å². The third-order valence-corrected chi connectivity index (χ3v) is 8.48. The highest BCUT2D eigenvalue weighted by atomic mass is 35.5. The average molecular weight is 574 g/mol. The van der Waals surface area contributed by atoms with Crippen LogP contribution in [0.5, 0.6) is 0 Å². The van der Waals surface area contributed by atoms with Gasteiger partial charge in [0.2, 0.25) is 0 Å². The number of nitrogens with two attached hydrogens (primary N) is 1. The number of rotatable bonds is 4. The molecule has 0 spiro atoms. The van der Waals surface area contributed by atoms with Gasteiger partial charge in [-0.15, -0.1) is 11.3 Å². The third-order valence-electron chi connectivity index (χ3n) is 7.06. The van der Waals surface area contributed by atoms with Crippen LogP contribution >= 0.6 is 34.5 Å². The van der Waals surface area contributed by atoms with Crippen LogP contribution in [0.1, 0.15) is 36.4 Å². The van der Waals surface area contributed by atoms with Crippen molar-refractivity contribution in [3.05, 3.63) is 104 Å². The van der Waals surface area contributed by atoms with Crippen LogP contribution in [-0.4, -0.2) is 20.5 Å². The molecule has 2 N–H and O–H groups in total. The first-order valence-corrected chi connectivity index (χ1v) is 14.0. The maximum absolute atomic E-state index is 13.6. The first-order valence-electron chi connectivity index (χ1n) is 12.4. The molecule has 2 aromatic carbocycles. The molecule has 1 aliphatic carbocycles. The van der Waals surface area contributed by atoms with Crippen LogP contribution in [0.25, 0.3) is 16.9 Å². The number of benzene rings is 2. The summed E-state index contributed by atoms with van der Waals surface area (Å²) in [5.41, 5.74) is 11.9. The summed E-state index contributed by atoms with van der Waals surface area (Å²) in [4.78, 5) is 20.2. The number of thiazole rings is 1. The van der Waals surface area contributed by atoms with Gasteiger partial charge in [-0.3, -0.25) is 9.69 Å². The van der Waals surface area contributed by atoms with E-state index in [2.05, 4.69) is 11.2 Å². The van der Waals surface area contributed by atoms with Crippen molar-refractivity contribution in [2.75, 3.05) is 4.90 Å². The summed E-state index contributed by atoms with van der Waals surface area (Å²) in [5.74, 6) is -0.517. The van der Waals surface area contributed by atoms with Crippen molar-refractivity contribution in [2.24, 2.45) is 5.73 Å². The van der Waals surface area contributed by atoms with E-state index in [0.29, 0.717) is 57.1 Å². The predicted molar refractivity (Wildman–Crippen MR) is 154 cm³/mol. The number of aromatic nitrogens is 3. The van der Waals surface area contributed by atoms with Crippen molar-refractivity contribution in [3.8, 4) is 23.0 Å². The number of hydrogen-bond donors (Lipinski definition) is 1. The van der Waals surface area contributed by atoms with E-state index in [1.54, 1.807) is 21.7 Å². The van der Waals surface area contributed by atoms with E-state index in [-0.39, 0.29) is 17.2 Å². The Morgan fingerprint density at radius 3 is 2.67 bits per heavy atom. The van der Waals surface area contributed by atoms with Gasteiger partial charge in [-0.25, -0.2) is 9.67 Å². The molecular formula is C29H22Cl2N6OS. The molecule has 1 atom stereocenters. The predicted octanol–water partition coefficient (Wildman–Crippen LogP) is 6.92. The van der Waals surface area contributed by atoms with Gasteiger partial charge in [0.25, 0.3) is 0 Å². The van der Waals surface area contributed by atoms with Gasteiger partial charge in [-0.05, 0) is 38.0 Å². The number of nitriles is 1. The summed E-state index contributed by atoms with van der Waals surface area (Å²) in [6, 6.07) is 19.3. The number of aryl methyl sites for hydroxylation is 1. The van der Waals surface area contributed by atoms with Crippen molar-refractivity contribution in [1.82, 2.24) is 14.8 Å². The third kappa shape index (κ3) is 4.23. The lowest BCUT2D eigenvalue weighted by atomic mass is 9.76. The minimum Gasteiger partial charge on any atom is -0.384 e. The van der Waals surface area contributed by atoms with Crippen LogP contribution in [0.4, 0.5) is 5.13 Å². The molecule has 194 valence electrons. The van der Waals surface area contributed by atoms with Crippen LogP contribution in [0.3, 0.4) is 0 Å². The van der Waals surface area contributed by atoms with Gasteiger partial charge < -0.3 is 5.73 Å². The van der Waals surface area contributed by atoms with Crippen LogP contribution in [-0.2, 0) is 4.79 Å². The zero-order valence-electron chi connectivity index (χ0n) is 20.9. The standard InChI is InChI=1S/C29H22Cl2N6OS/c1-16-24(27(31)37(35-16)19-10-5-9-18(30)13-19)25-20(14-32)28(33)36(22-11-6-12-23(38)26(22)25)29-34-21(15-39-29)17-7-3-2-4-8-17/h2-5,7-10,13,15,25H,6,11-12,33H2,1H3. The number of carbonyl (C=O) groups is 1. The number of ketones is 1. The number of nitrogens with zero attached hydrogens (tertiary/aromatic N) is 5. The SMILES string of the molecule is Cc1nn(-c2cccc(Cl)c2)c(Cl)c1C1C(C#N)=C(N)N(c2nc(-c3ccccc3)cs2)C2=C1C(=O)CCC2. The van der Waals surface area contributed by atoms with Gasteiger partial charge in [0.1, 0.15) is 11.0 Å². The van der Waals surface area contributed by atoms with Crippen molar-refractivity contribution in [2.45, 2.75) is 32.1 Å². The topological polar surface area (TPSA) is 101 Å². The number of allylic oxidation sites excluding steroid dienone is 3. The molecule has 0 saturated carbocycles. The van der Waals surface area contributed by atoms with Gasteiger partial charge in [0, 0.05) is 39.2 Å². The first-order chi connectivity index (χ1) is 18.9. The summed E-state index contributed by atoms with van der Waals surface area (Å²) in [5, 5.41) is 18.5.